The SMILES string of the molecule is C=C/C=C(\C=C(/C)NC(=O)c1cc(-c2cnc3ccccc3c2)ccn1)c1nncn1C1CC1. The molecule has 1 N–H and O–H groups in total. The highest BCUT2D eigenvalue weighted by molar-refractivity contribution is 5.95. The molecule has 1 fully saturated rings. The van der Waals surface area contributed by atoms with Gasteiger partial charge >= 0.3 is 0 Å². The van der Waals surface area contributed by atoms with Crippen molar-refractivity contribution < 1.29 is 4.79 Å². The molecular formula is C27H24N6O. The number of pyridine rings is 2. The molecule has 0 spiro atoms. The summed E-state index contributed by atoms with van der Waals surface area (Å²) in [6, 6.07) is 14.1. The molecule has 3 aromatic heterocycles. The molecule has 0 aliphatic heterocycles. The second-order valence-corrected chi connectivity index (χ2v) is 8.28. The summed E-state index contributed by atoms with van der Waals surface area (Å²) in [5.41, 5.74) is 4.57. The Morgan fingerprint density at radius 1 is 1.15 bits per heavy atom. The summed E-state index contributed by atoms with van der Waals surface area (Å²) in [6.45, 7) is 5.65. The fourth-order valence-corrected chi connectivity index (χ4v) is 3.86. The fourth-order valence-electron chi connectivity index (χ4n) is 3.86. The predicted molar refractivity (Wildman–Crippen MR) is 133 cm³/mol. The lowest BCUT2D eigenvalue weighted by atomic mass is 10.1. The standard InChI is InChI=1S/C27H24N6O/c1-3-6-21(26-32-30-17-33(26)23-9-10-23)13-18(2)31-27(34)25-15-19(11-12-28-25)22-14-20-7-4-5-8-24(20)29-16-22/h3-8,11-17,23H,1,9-10H2,2H3,(H,31,34)/b18-13+,21-6+. The molecule has 1 aromatic carbocycles. The third-order valence-corrected chi connectivity index (χ3v) is 5.67. The lowest BCUT2D eigenvalue weighted by Crippen LogP contribution is -2.22. The van der Waals surface area contributed by atoms with E-state index >= 15 is 0 Å². The van der Waals surface area contributed by atoms with Gasteiger partial charge < -0.3 is 9.88 Å². The normalized spacial score (nSPS) is 14.3. The van der Waals surface area contributed by atoms with Crippen LogP contribution in [0.1, 0.15) is 42.1 Å². The van der Waals surface area contributed by atoms with Crippen LogP contribution in [0, 0.1) is 0 Å². The highest BCUT2D eigenvalue weighted by Gasteiger charge is 2.26. The van der Waals surface area contributed by atoms with Crippen LogP contribution < -0.4 is 5.32 Å². The van der Waals surface area contributed by atoms with E-state index in [1.54, 1.807) is 24.7 Å². The maximum absolute atomic E-state index is 13.0. The maximum atomic E-state index is 13.0. The molecule has 168 valence electrons. The molecule has 1 amide bonds. The number of aromatic nitrogens is 5. The molecule has 7 nitrogen and oxygen atoms in total. The first-order chi connectivity index (χ1) is 16.6. The van der Waals surface area contributed by atoms with E-state index in [0.29, 0.717) is 17.4 Å². The number of hydrogen-bond acceptors (Lipinski definition) is 5. The summed E-state index contributed by atoms with van der Waals surface area (Å²) in [6.07, 6.45) is 12.9. The monoisotopic (exact) mass is 448 g/mol. The van der Waals surface area contributed by atoms with Crippen LogP contribution >= 0.6 is 0 Å². The number of allylic oxidation sites excluding steroid dienone is 5. The molecule has 0 atom stereocenters. The van der Waals surface area contributed by atoms with E-state index in [0.717, 1.165) is 46.3 Å². The van der Waals surface area contributed by atoms with Crippen molar-refractivity contribution in [1.82, 2.24) is 30.0 Å². The Hall–Kier alpha value is -4.39. The zero-order valence-corrected chi connectivity index (χ0v) is 18.8. The number of amides is 1. The molecule has 0 saturated heterocycles. The van der Waals surface area contributed by atoms with E-state index in [1.807, 2.05) is 55.6 Å². The molecule has 0 unspecified atom stereocenters. The number of nitrogens with zero attached hydrogens (tertiary/aromatic N) is 5. The molecule has 0 radical (unpaired) electrons. The van der Waals surface area contributed by atoms with Gasteiger partial charge in [-0.15, -0.1) is 10.2 Å². The number of para-hydroxylation sites is 1. The van der Waals surface area contributed by atoms with Gasteiger partial charge in [0, 0.05) is 40.7 Å². The smallest absolute Gasteiger partial charge is 0.274 e. The average molecular weight is 449 g/mol. The maximum Gasteiger partial charge on any atom is 0.274 e. The van der Waals surface area contributed by atoms with Crippen molar-refractivity contribution in [2.24, 2.45) is 0 Å². The van der Waals surface area contributed by atoms with Crippen LogP contribution in [0.2, 0.25) is 0 Å². The molecule has 1 aliphatic rings. The van der Waals surface area contributed by atoms with Crippen LogP contribution in [0.15, 0.2) is 91.7 Å². The Balaban J connectivity index is 1.37. The number of rotatable bonds is 7. The highest BCUT2D eigenvalue weighted by Crippen LogP contribution is 2.36. The van der Waals surface area contributed by atoms with Crippen LogP contribution in [-0.2, 0) is 0 Å². The first-order valence-electron chi connectivity index (χ1n) is 11.2. The van der Waals surface area contributed by atoms with Gasteiger partial charge in [0.05, 0.1) is 5.52 Å². The Morgan fingerprint density at radius 2 is 2.00 bits per heavy atom. The van der Waals surface area contributed by atoms with Gasteiger partial charge in [0.25, 0.3) is 5.91 Å². The van der Waals surface area contributed by atoms with Gasteiger partial charge in [-0.3, -0.25) is 14.8 Å². The van der Waals surface area contributed by atoms with Gasteiger partial charge in [-0.25, -0.2) is 0 Å². The summed E-state index contributed by atoms with van der Waals surface area (Å²) < 4.78 is 2.07. The lowest BCUT2D eigenvalue weighted by molar-refractivity contribution is 0.0961. The second-order valence-electron chi connectivity index (χ2n) is 8.28. The van der Waals surface area contributed by atoms with Crippen molar-refractivity contribution in [3.63, 3.8) is 0 Å². The third kappa shape index (κ3) is 4.54. The van der Waals surface area contributed by atoms with Gasteiger partial charge in [-0.1, -0.05) is 36.9 Å². The summed E-state index contributed by atoms with van der Waals surface area (Å²) >= 11 is 0. The molecule has 3 heterocycles. The van der Waals surface area contributed by atoms with E-state index < -0.39 is 0 Å². The Kier molecular flexibility index (Phi) is 5.82. The summed E-state index contributed by atoms with van der Waals surface area (Å²) in [4.78, 5) is 21.8. The van der Waals surface area contributed by atoms with E-state index in [2.05, 4.69) is 42.7 Å². The number of hydrogen-bond donors (Lipinski definition) is 1. The molecule has 7 heteroatoms. The van der Waals surface area contributed by atoms with E-state index in [-0.39, 0.29) is 5.91 Å². The van der Waals surface area contributed by atoms with Gasteiger partial charge in [-0.2, -0.15) is 0 Å². The molecule has 0 bridgehead atoms. The Morgan fingerprint density at radius 3 is 2.82 bits per heavy atom. The van der Waals surface area contributed by atoms with Crippen LogP contribution in [0.3, 0.4) is 0 Å². The third-order valence-electron chi connectivity index (χ3n) is 5.67. The summed E-state index contributed by atoms with van der Waals surface area (Å²) in [5, 5.41) is 12.3. The zero-order valence-electron chi connectivity index (χ0n) is 18.8. The van der Waals surface area contributed by atoms with Crippen molar-refractivity contribution >= 4 is 22.4 Å². The van der Waals surface area contributed by atoms with Crippen molar-refractivity contribution in [3.05, 3.63) is 103 Å². The zero-order chi connectivity index (χ0) is 23.5. The van der Waals surface area contributed by atoms with Crippen molar-refractivity contribution in [2.45, 2.75) is 25.8 Å². The van der Waals surface area contributed by atoms with Crippen molar-refractivity contribution in [1.29, 1.82) is 0 Å². The van der Waals surface area contributed by atoms with Gasteiger partial charge in [-0.05, 0) is 55.7 Å². The van der Waals surface area contributed by atoms with E-state index in [1.165, 1.54) is 0 Å². The molecule has 4 aromatic rings. The van der Waals surface area contributed by atoms with Crippen molar-refractivity contribution in [3.8, 4) is 11.1 Å². The van der Waals surface area contributed by atoms with Crippen LogP contribution in [0.4, 0.5) is 0 Å². The minimum atomic E-state index is -0.286. The summed E-state index contributed by atoms with van der Waals surface area (Å²) in [7, 11) is 0. The number of carbonyl (C=O) groups excluding carboxylic acids is 1. The molecule has 1 saturated carbocycles. The van der Waals surface area contributed by atoms with Crippen molar-refractivity contribution in [2.75, 3.05) is 0 Å². The van der Waals surface area contributed by atoms with Crippen LogP contribution in [0.25, 0.3) is 27.6 Å². The van der Waals surface area contributed by atoms with Crippen LogP contribution in [-0.4, -0.2) is 30.6 Å². The number of nitrogens with one attached hydrogen (secondary N) is 1. The molecule has 1 aliphatic carbocycles. The topological polar surface area (TPSA) is 85.6 Å². The van der Waals surface area contributed by atoms with E-state index in [4.69, 9.17) is 0 Å². The second kappa shape index (κ2) is 9.23. The minimum Gasteiger partial charge on any atom is -0.325 e. The Bertz CT molecular complexity index is 1440. The summed E-state index contributed by atoms with van der Waals surface area (Å²) in [5.74, 6) is 0.478. The average Bonchev–Trinajstić information content (AvgIpc) is 3.59. The number of benzene rings is 1. The highest BCUT2D eigenvalue weighted by atomic mass is 16.1. The van der Waals surface area contributed by atoms with Crippen LogP contribution in [0.5, 0.6) is 0 Å². The number of fused-ring (bicyclic) bond motifs is 1. The predicted octanol–water partition coefficient (Wildman–Crippen LogP) is 5.13. The molecule has 34 heavy (non-hydrogen) atoms. The quantitative estimate of drug-likeness (QED) is 0.396. The largest absolute Gasteiger partial charge is 0.325 e. The molecular weight excluding hydrogens is 424 g/mol. The fraction of sp³-hybridized carbons (Fsp3) is 0.148. The first kappa shape index (κ1) is 21.5. The molecule has 5 rings (SSSR count). The number of carbonyl (C=O) groups is 1. The Labute approximate surface area is 197 Å². The van der Waals surface area contributed by atoms with Gasteiger partial charge in [0.2, 0.25) is 0 Å². The van der Waals surface area contributed by atoms with E-state index in [9.17, 15) is 4.79 Å². The minimum absolute atomic E-state index is 0.286. The van der Waals surface area contributed by atoms with Gasteiger partial charge in [0.15, 0.2) is 5.82 Å². The van der Waals surface area contributed by atoms with Gasteiger partial charge in [0.1, 0.15) is 12.0 Å². The first-order valence-corrected chi connectivity index (χ1v) is 11.2. The lowest BCUT2D eigenvalue weighted by Gasteiger charge is -2.09.